The van der Waals surface area contributed by atoms with Crippen LogP contribution in [0.25, 0.3) is 0 Å². The molecule has 5 nitrogen and oxygen atoms in total. The van der Waals surface area contributed by atoms with Gasteiger partial charge in [-0.15, -0.1) is 0 Å². The van der Waals surface area contributed by atoms with E-state index in [1.165, 1.54) is 4.90 Å². The fourth-order valence-corrected chi connectivity index (χ4v) is 1.46. The molecule has 0 spiro atoms. The number of hydrogen-bond acceptors (Lipinski definition) is 3. The molecule has 0 saturated heterocycles. The minimum absolute atomic E-state index is 0.0651. The van der Waals surface area contributed by atoms with Gasteiger partial charge in [-0.05, 0) is 19.2 Å². The number of carboxylic acids is 1. The van der Waals surface area contributed by atoms with Crippen molar-refractivity contribution in [1.82, 2.24) is 5.32 Å². The molecule has 0 aromatic heterocycles. The number of aliphatic carboxylic acids is 1. The van der Waals surface area contributed by atoms with Gasteiger partial charge in [0.15, 0.2) is 0 Å². The molecule has 5 heteroatoms. The van der Waals surface area contributed by atoms with E-state index in [9.17, 15) is 9.59 Å². The molecule has 2 N–H and O–H groups in total. The molecule has 1 amide bonds. The number of benzene rings is 1. The number of carbonyl (C=O) groups is 2. The van der Waals surface area contributed by atoms with E-state index in [2.05, 4.69) is 5.32 Å². The van der Waals surface area contributed by atoms with Gasteiger partial charge in [0.2, 0.25) is 5.91 Å². The number of anilines is 1. The first kappa shape index (κ1) is 13.2. The van der Waals surface area contributed by atoms with Gasteiger partial charge < -0.3 is 15.3 Å². The third-order valence-electron chi connectivity index (χ3n) is 2.25. The first-order valence-electron chi connectivity index (χ1n) is 5.37. The molecule has 1 rings (SSSR count). The maximum Gasteiger partial charge on any atom is 0.305 e. The Morgan fingerprint density at radius 2 is 1.94 bits per heavy atom. The molecule has 0 unspecified atom stereocenters. The van der Waals surface area contributed by atoms with Crippen LogP contribution in [-0.2, 0) is 9.59 Å². The van der Waals surface area contributed by atoms with Crippen LogP contribution >= 0.6 is 0 Å². The fraction of sp³-hybridized carbons (Fsp3) is 0.333. The number of hydrogen-bond donors (Lipinski definition) is 2. The summed E-state index contributed by atoms with van der Waals surface area (Å²) in [4.78, 5) is 23.9. The minimum atomic E-state index is -0.914. The average Bonchev–Trinajstić information content (AvgIpc) is 2.30. The van der Waals surface area contributed by atoms with Crippen LogP contribution in [0.2, 0.25) is 0 Å². The second-order valence-corrected chi connectivity index (χ2v) is 3.55. The SMILES string of the molecule is CNCC(=O)N(CCC(=O)O)c1ccccc1. The molecule has 0 heterocycles. The van der Waals surface area contributed by atoms with Crippen LogP contribution in [0.5, 0.6) is 0 Å². The van der Waals surface area contributed by atoms with Gasteiger partial charge in [0, 0.05) is 12.2 Å². The van der Waals surface area contributed by atoms with Gasteiger partial charge in [0.25, 0.3) is 0 Å². The number of likely N-dealkylation sites (N-methyl/N-ethyl adjacent to an activating group) is 1. The molecular weight excluding hydrogens is 220 g/mol. The topological polar surface area (TPSA) is 69.6 Å². The van der Waals surface area contributed by atoms with Gasteiger partial charge in [-0.1, -0.05) is 18.2 Å². The average molecular weight is 236 g/mol. The van der Waals surface area contributed by atoms with Crippen LogP contribution < -0.4 is 10.2 Å². The minimum Gasteiger partial charge on any atom is -0.481 e. The molecule has 0 radical (unpaired) electrons. The summed E-state index contributed by atoms with van der Waals surface area (Å²) in [5, 5.41) is 11.4. The van der Waals surface area contributed by atoms with Crippen molar-refractivity contribution in [1.29, 1.82) is 0 Å². The number of para-hydroxylation sites is 1. The summed E-state index contributed by atoms with van der Waals surface area (Å²) in [6.07, 6.45) is -0.0651. The van der Waals surface area contributed by atoms with Gasteiger partial charge in [0.1, 0.15) is 0 Å². The predicted octanol–water partition coefficient (Wildman–Crippen LogP) is 0.714. The Morgan fingerprint density at radius 3 is 2.47 bits per heavy atom. The van der Waals surface area contributed by atoms with Crippen LogP contribution in [0.1, 0.15) is 6.42 Å². The number of rotatable bonds is 6. The summed E-state index contributed by atoms with van der Waals surface area (Å²) in [7, 11) is 1.68. The third kappa shape index (κ3) is 4.24. The van der Waals surface area contributed by atoms with Gasteiger partial charge in [-0.25, -0.2) is 0 Å². The monoisotopic (exact) mass is 236 g/mol. The molecule has 0 saturated carbocycles. The summed E-state index contributed by atoms with van der Waals surface area (Å²) >= 11 is 0. The smallest absolute Gasteiger partial charge is 0.305 e. The largest absolute Gasteiger partial charge is 0.481 e. The van der Waals surface area contributed by atoms with Crippen molar-refractivity contribution < 1.29 is 14.7 Å². The van der Waals surface area contributed by atoms with Crippen LogP contribution in [0.15, 0.2) is 30.3 Å². The van der Waals surface area contributed by atoms with Crippen LogP contribution in [0, 0.1) is 0 Å². The number of nitrogens with zero attached hydrogens (tertiary/aromatic N) is 1. The lowest BCUT2D eigenvalue weighted by atomic mass is 10.2. The highest BCUT2D eigenvalue weighted by Gasteiger charge is 2.15. The molecule has 0 aliphatic carbocycles. The van der Waals surface area contributed by atoms with E-state index in [0.717, 1.165) is 0 Å². The van der Waals surface area contributed by atoms with Gasteiger partial charge in [-0.2, -0.15) is 0 Å². The number of carboxylic acid groups (broad SMARTS) is 1. The molecular formula is C12H16N2O3. The zero-order valence-electron chi connectivity index (χ0n) is 9.72. The maximum absolute atomic E-state index is 11.8. The predicted molar refractivity (Wildman–Crippen MR) is 65.0 cm³/mol. The van der Waals surface area contributed by atoms with Crippen LogP contribution in [0.3, 0.4) is 0 Å². The highest BCUT2D eigenvalue weighted by atomic mass is 16.4. The number of carbonyl (C=O) groups excluding carboxylic acids is 1. The van der Waals surface area contributed by atoms with Gasteiger partial charge in [0.05, 0.1) is 13.0 Å². The first-order valence-corrected chi connectivity index (χ1v) is 5.37. The summed E-state index contributed by atoms with van der Waals surface area (Å²) in [6.45, 7) is 0.369. The molecule has 0 atom stereocenters. The van der Waals surface area contributed by atoms with E-state index < -0.39 is 5.97 Å². The molecule has 0 aliphatic heterocycles. The Balaban J connectivity index is 2.78. The van der Waals surface area contributed by atoms with Crippen molar-refractivity contribution >= 4 is 17.6 Å². The van der Waals surface area contributed by atoms with Gasteiger partial charge >= 0.3 is 5.97 Å². The van der Waals surface area contributed by atoms with E-state index in [0.29, 0.717) is 5.69 Å². The van der Waals surface area contributed by atoms with E-state index in [1.54, 1.807) is 19.2 Å². The lowest BCUT2D eigenvalue weighted by molar-refractivity contribution is -0.136. The summed E-state index contributed by atoms with van der Waals surface area (Å²) in [5.74, 6) is -1.05. The lowest BCUT2D eigenvalue weighted by Crippen LogP contribution is -2.38. The molecule has 0 fully saturated rings. The highest BCUT2D eigenvalue weighted by Crippen LogP contribution is 2.13. The first-order chi connectivity index (χ1) is 8.15. The zero-order chi connectivity index (χ0) is 12.7. The van der Waals surface area contributed by atoms with Gasteiger partial charge in [-0.3, -0.25) is 9.59 Å². The van der Waals surface area contributed by atoms with E-state index in [1.807, 2.05) is 18.2 Å². The second-order valence-electron chi connectivity index (χ2n) is 3.55. The quantitative estimate of drug-likeness (QED) is 0.763. The molecule has 0 aliphatic rings. The number of nitrogens with one attached hydrogen (secondary N) is 1. The zero-order valence-corrected chi connectivity index (χ0v) is 9.72. The van der Waals surface area contributed by atoms with Crippen molar-refractivity contribution in [3.63, 3.8) is 0 Å². The van der Waals surface area contributed by atoms with Crippen molar-refractivity contribution in [2.45, 2.75) is 6.42 Å². The number of amides is 1. The van der Waals surface area contributed by atoms with Crippen molar-refractivity contribution in [2.24, 2.45) is 0 Å². The van der Waals surface area contributed by atoms with Crippen molar-refractivity contribution in [3.05, 3.63) is 30.3 Å². The normalized spacial score (nSPS) is 9.94. The van der Waals surface area contributed by atoms with Crippen molar-refractivity contribution in [3.8, 4) is 0 Å². The Kier molecular flexibility index (Phi) is 5.16. The summed E-state index contributed by atoms with van der Waals surface area (Å²) in [5.41, 5.74) is 0.717. The third-order valence-corrected chi connectivity index (χ3v) is 2.25. The maximum atomic E-state index is 11.8. The molecule has 1 aromatic rings. The summed E-state index contributed by atoms with van der Waals surface area (Å²) in [6, 6.07) is 9.05. The standard InChI is InChI=1S/C12H16N2O3/c1-13-9-11(15)14(8-7-12(16)17)10-5-3-2-4-6-10/h2-6,13H,7-9H2,1H3,(H,16,17). The Morgan fingerprint density at radius 1 is 1.29 bits per heavy atom. The molecule has 92 valence electrons. The fourth-order valence-electron chi connectivity index (χ4n) is 1.46. The molecule has 0 bridgehead atoms. The summed E-state index contributed by atoms with van der Waals surface area (Å²) < 4.78 is 0. The van der Waals surface area contributed by atoms with Crippen LogP contribution in [-0.4, -0.2) is 37.1 Å². The van der Waals surface area contributed by atoms with E-state index in [-0.39, 0.29) is 25.4 Å². The highest BCUT2D eigenvalue weighted by molar-refractivity contribution is 5.95. The van der Waals surface area contributed by atoms with E-state index in [4.69, 9.17) is 5.11 Å². The Bertz CT molecular complexity index is 379. The van der Waals surface area contributed by atoms with Crippen LogP contribution in [0.4, 0.5) is 5.69 Å². The molecule has 1 aromatic carbocycles. The van der Waals surface area contributed by atoms with E-state index >= 15 is 0 Å². The lowest BCUT2D eigenvalue weighted by Gasteiger charge is -2.22. The second kappa shape index (κ2) is 6.65. The van der Waals surface area contributed by atoms with Crippen molar-refractivity contribution in [2.75, 3.05) is 25.0 Å². The molecule has 17 heavy (non-hydrogen) atoms. The Labute approximate surface area is 100 Å². The Hall–Kier alpha value is -1.88.